The number of anilines is 3. The fraction of sp³-hybridized carbons (Fsp3) is 0.176. The number of hydrogen-bond donors (Lipinski definition) is 3. The zero-order chi connectivity index (χ0) is 16.8. The fourth-order valence-electron chi connectivity index (χ4n) is 2.02. The average Bonchev–Trinajstić information content (AvgIpc) is 2.49. The van der Waals surface area contributed by atoms with Gasteiger partial charge in [0.25, 0.3) is 0 Å². The van der Waals surface area contributed by atoms with E-state index in [2.05, 4.69) is 16.0 Å². The van der Waals surface area contributed by atoms with Gasteiger partial charge in [-0.1, -0.05) is 11.6 Å². The number of aryl methyl sites for hydroxylation is 1. The molecule has 6 heteroatoms. The van der Waals surface area contributed by atoms with Crippen LogP contribution in [0.1, 0.15) is 12.5 Å². The van der Waals surface area contributed by atoms with Gasteiger partial charge in [-0.25, -0.2) is 0 Å². The second-order valence-electron chi connectivity index (χ2n) is 5.12. The van der Waals surface area contributed by atoms with Gasteiger partial charge in [0.2, 0.25) is 11.8 Å². The molecule has 0 radical (unpaired) electrons. The zero-order valence-electron chi connectivity index (χ0n) is 12.9. The van der Waals surface area contributed by atoms with Crippen molar-refractivity contribution in [2.24, 2.45) is 0 Å². The van der Waals surface area contributed by atoms with Crippen LogP contribution in [0, 0.1) is 6.92 Å². The molecule has 0 aliphatic rings. The first-order chi connectivity index (χ1) is 10.9. The molecule has 2 amide bonds. The van der Waals surface area contributed by atoms with Crippen molar-refractivity contribution in [2.75, 3.05) is 22.5 Å². The second kappa shape index (κ2) is 7.65. The monoisotopic (exact) mass is 331 g/mol. The summed E-state index contributed by atoms with van der Waals surface area (Å²) in [7, 11) is 0. The molecule has 2 aromatic rings. The van der Waals surface area contributed by atoms with E-state index < -0.39 is 0 Å². The van der Waals surface area contributed by atoms with E-state index in [-0.39, 0.29) is 18.4 Å². The molecule has 0 aliphatic heterocycles. The Balaban J connectivity index is 1.87. The van der Waals surface area contributed by atoms with Crippen molar-refractivity contribution in [3.63, 3.8) is 0 Å². The van der Waals surface area contributed by atoms with E-state index in [0.29, 0.717) is 10.7 Å². The van der Waals surface area contributed by atoms with Crippen LogP contribution in [0.2, 0.25) is 5.02 Å². The molecule has 0 fully saturated rings. The predicted molar refractivity (Wildman–Crippen MR) is 94.1 cm³/mol. The van der Waals surface area contributed by atoms with Crippen LogP contribution in [0.5, 0.6) is 0 Å². The Labute approximate surface area is 140 Å². The van der Waals surface area contributed by atoms with Crippen LogP contribution in [0.25, 0.3) is 0 Å². The summed E-state index contributed by atoms with van der Waals surface area (Å²) in [6.07, 6.45) is 0. The van der Waals surface area contributed by atoms with Gasteiger partial charge in [-0.2, -0.15) is 0 Å². The van der Waals surface area contributed by atoms with Gasteiger partial charge in [-0.05, 0) is 55.0 Å². The van der Waals surface area contributed by atoms with Crippen molar-refractivity contribution in [1.29, 1.82) is 0 Å². The highest BCUT2D eigenvalue weighted by Gasteiger charge is 2.05. The third kappa shape index (κ3) is 5.30. The minimum Gasteiger partial charge on any atom is -0.376 e. The van der Waals surface area contributed by atoms with Gasteiger partial charge in [0.05, 0.1) is 6.54 Å². The maximum Gasteiger partial charge on any atom is 0.243 e. The van der Waals surface area contributed by atoms with Crippen molar-refractivity contribution >= 4 is 40.5 Å². The molecule has 0 unspecified atom stereocenters. The Hall–Kier alpha value is -2.53. The minimum absolute atomic E-state index is 0.122. The van der Waals surface area contributed by atoms with Gasteiger partial charge in [0.1, 0.15) is 0 Å². The van der Waals surface area contributed by atoms with Crippen LogP contribution in [-0.4, -0.2) is 18.4 Å². The quantitative estimate of drug-likeness (QED) is 0.783. The van der Waals surface area contributed by atoms with Gasteiger partial charge in [0.15, 0.2) is 0 Å². The summed E-state index contributed by atoms with van der Waals surface area (Å²) in [5.74, 6) is -0.273. The predicted octanol–water partition coefficient (Wildman–Crippen LogP) is 3.66. The fourth-order valence-corrected chi connectivity index (χ4v) is 2.25. The van der Waals surface area contributed by atoms with Crippen molar-refractivity contribution in [2.45, 2.75) is 13.8 Å². The van der Waals surface area contributed by atoms with Gasteiger partial charge < -0.3 is 16.0 Å². The third-order valence-electron chi connectivity index (χ3n) is 3.12. The van der Waals surface area contributed by atoms with Crippen LogP contribution < -0.4 is 16.0 Å². The maximum absolute atomic E-state index is 12.0. The molecule has 0 heterocycles. The summed E-state index contributed by atoms with van der Waals surface area (Å²) in [6, 6.07) is 12.4. The number of hydrogen-bond acceptors (Lipinski definition) is 3. The first-order valence-electron chi connectivity index (χ1n) is 7.11. The van der Waals surface area contributed by atoms with E-state index in [4.69, 9.17) is 11.6 Å². The molecule has 2 rings (SSSR count). The zero-order valence-corrected chi connectivity index (χ0v) is 13.7. The van der Waals surface area contributed by atoms with Crippen LogP contribution in [-0.2, 0) is 9.59 Å². The Bertz CT molecular complexity index is 714. The SMILES string of the molecule is CC(=O)Nc1ccc(NCC(=O)Nc2ccc(Cl)cc2C)cc1. The molecule has 120 valence electrons. The molecule has 3 N–H and O–H groups in total. The van der Waals surface area contributed by atoms with Crippen molar-refractivity contribution in [3.05, 3.63) is 53.1 Å². The lowest BCUT2D eigenvalue weighted by atomic mass is 10.2. The molecule has 0 saturated carbocycles. The number of nitrogens with one attached hydrogen (secondary N) is 3. The Morgan fingerprint density at radius 3 is 2.26 bits per heavy atom. The molecule has 0 spiro atoms. The van der Waals surface area contributed by atoms with E-state index in [0.717, 1.165) is 16.9 Å². The second-order valence-corrected chi connectivity index (χ2v) is 5.56. The molecular weight excluding hydrogens is 314 g/mol. The molecule has 0 aromatic heterocycles. The molecule has 0 saturated heterocycles. The molecule has 0 bridgehead atoms. The maximum atomic E-state index is 12.0. The highest BCUT2D eigenvalue weighted by molar-refractivity contribution is 6.30. The number of amides is 2. The number of carbonyl (C=O) groups is 2. The van der Waals surface area contributed by atoms with Crippen molar-refractivity contribution < 1.29 is 9.59 Å². The number of carbonyl (C=O) groups excluding carboxylic acids is 2. The highest BCUT2D eigenvalue weighted by Crippen LogP contribution is 2.19. The summed E-state index contributed by atoms with van der Waals surface area (Å²) in [4.78, 5) is 22.9. The van der Waals surface area contributed by atoms with E-state index in [1.165, 1.54) is 6.92 Å². The van der Waals surface area contributed by atoms with E-state index in [1.54, 1.807) is 42.5 Å². The van der Waals surface area contributed by atoms with E-state index >= 15 is 0 Å². The standard InChI is InChI=1S/C17H18ClN3O2/c1-11-9-13(18)3-8-16(11)21-17(23)10-19-14-4-6-15(7-5-14)20-12(2)22/h3-9,19H,10H2,1-2H3,(H,20,22)(H,21,23). The topological polar surface area (TPSA) is 70.2 Å². The van der Waals surface area contributed by atoms with Gasteiger partial charge in [0, 0.05) is 29.0 Å². The van der Waals surface area contributed by atoms with Crippen LogP contribution in [0.3, 0.4) is 0 Å². The Kier molecular flexibility index (Phi) is 5.60. The van der Waals surface area contributed by atoms with E-state index in [1.807, 2.05) is 6.92 Å². The lowest BCUT2D eigenvalue weighted by Gasteiger charge is -2.10. The Morgan fingerprint density at radius 1 is 1.00 bits per heavy atom. The first kappa shape index (κ1) is 16.8. The van der Waals surface area contributed by atoms with Gasteiger partial charge in [-0.3, -0.25) is 9.59 Å². The summed E-state index contributed by atoms with van der Waals surface area (Å²) in [5, 5.41) is 9.17. The number of halogens is 1. The molecular formula is C17H18ClN3O2. The normalized spacial score (nSPS) is 10.0. The van der Waals surface area contributed by atoms with Gasteiger partial charge in [-0.15, -0.1) is 0 Å². The molecule has 0 atom stereocenters. The lowest BCUT2D eigenvalue weighted by molar-refractivity contribution is -0.115. The first-order valence-corrected chi connectivity index (χ1v) is 7.49. The number of rotatable bonds is 5. The average molecular weight is 332 g/mol. The summed E-state index contributed by atoms with van der Waals surface area (Å²) >= 11 is 5.89. The lowest BCUT2D eigenvalue weighted by Crippen LogP contribution is -2.22. The van der Waals surface area contributed by atoms with Crippen molar-refractivity contribution in [1.82, 2.24) is 0 Å². The Morgan fingerprint density at radius 2 is 1.65 bits per heavy atom. The minimum atomic E-state index is -0.152. The van der Waals surface area contributed by atoms with Crippen LogP contribution in [0.15, 0.2) is 42.5 Å². The molecule has 5 nitrogen and oxygen atoms in total. The third-order valence-corrected chi connectivity index (χ3v) is 3.36. The van der Waals surface area contributed by atoms with Crippen LogP contribution >= 0.6 is 11.6 Å². The van der Waals surface area contributed by atoms with Gasteiger partial charge >= 0.3 is 0 Å². The smallest absolute Gasteiger partial charge is 0.243 e. The van der Waals surface area contributed by atoms with Crippen molar-refractivity contribution in [3.8, 4) is 0 Å². The summed E-state index contributed by atoms with van der Waals surface area (Å²) in [6.45, 7) is 3.48. The molecule has 23 heavy (non-hydrogen) atoms. The summed E-state index contributed by atoms with van der Waals surface area (Å²) in [5.41, 5.74) is 3.15. The number of benzene rings is 2. The highest BCUT2D eigenvalue weighted by atomic mass is 35.5. The van der Waals surface area contributed by atoms with Crippen LogP contribution in [0.4, 0.5) is 17.1 Å². The molecule has 0 aliphatic carbocycles. The van der Waals surface area contributed by atoms with E-state index in [9.17, 15) is 9.59 Å². The largest absolute Gasteiger partial charge is 0.376 e. The molecule has 2 aromatic carbocycles. The summed E-state index contributed by atoms with van der Waals surface area (Å²) < 4.78 is 0.